The normalized spacial score (nSPS) is 19.3. The molecule has 1 aromatic carbocycles. The van der Waals surface area contributed by atoms with Crippen LogP contribution in [0.4, 0.5) is 14.5 Å². The Morgan fingerprint density at radius 1 is 1.32 bits per heavy atom. The number of hydrogen-bond acceptors (Lipinski definition) is 3. The van der Waals surface area contributed by atoms with Gasteiger partial charge in [0.1, 0.15) is 5.75 Å². The molecule has 1 aromatic rings. The molecule has 106 valence electrons. The number of alkyl halides is 2. The van der Waals surface area contributed by atoms with Crippen LogP contribution in [0.15, 0.2) is 24.3 Å². The van der Waals surface area contributed by atoms with Crippen molar-refractivity contribution in [3.05, 3.63) is 24.3 Å². The Labute approximate surface area is 112 Å². The lowest BCUT2D eigenvalue weighted by atomic mass is 10.1. The monoisotopic (exact) mass is 270 g/mol. The molecule has 1 saturated heterocycles. The smallest absolute Gasteiger partial charge is 0.387 e. The minimum atomic E-state index is -2.79. The molecular weight excluding hydrogens is 250 g/mol. The average molecular weight is 270 g/mol. The van der Waals surface area contributed by atoms with Gasteiger partial charge in [0.05, 0.1) is 5.69 Å². The van der Waals surface area contributed by atoms with Crippen molar-refractivity contribution in [1.29, 1.82) is 0 Å². The van der Waals surface area contributed by atoms with E-state index in [0.29, 0.717) is 0 Å². The standard InChI is InChI=1S/C14H20F2N2O/c1-14(2)10-18(9-5-8-17-14)11-6-3-4-7-12(11)19-13(15)16/h3-4,6-7,13,17H,5,8-10H2,1-2H3. The van der Waals surface area contributed by atoms with Crippen LogP contribution < -0.4 is 15.0 Å². The van der Waals surface area contributed by atoms with E-state index in [1.807, 2.05) is 12.1 Å². The van der Waals surface area contributed by atoms with Crippen LogP contribution in [0.1, 0.15) is 20.3 Å². The molecule has 0 bridgehead atoms. The summed E-state index contributed by atoms with van der Waals surface area (Å²) in [5, 5.41) is 3.45. The highest BCUT2D eigenvalue weighted by molar-refractivity contribution is 5.58. The summed E-state index contributed by atoms with van der Waals surface area (Å²) in [5.41, 5.74) is 0.689. The Balaban J connectivity index is 2.24. The number of ether oxygens (including phenoxy) is 1. The molecule has 1 heterocycles. The van der Waals surface area contributed by atoms with E-state index in [0.717, 1.165) is 31.7 Å². The topological polar surface area (TPSA) is 24.5 Å². The number of rotatable bonds is 3. The van der Waals surface area contributed by atoms with Crippen LogP contribution in [0.5, 0.6) is 5.75 Å². The molecule has 0 unspecified atom stereocenters. The molecule has 1 aliphatic heterocycles. The Bertz CT molecular complexity index is 424. The molecule has 19 heavy (non-hydrogen) atoms. The second-order valence-corrected chi connectivity index (χ2v) is 5.43. The van der Waals surface area contributed by atoms with E-state index in [9.17, 15) is 8.78 Å². The molecule has 0 spiro atoms. The number of nitrogens with one attached hydrogen (secondary N) is 1. The molecule has 0 aromatic heterocycles. The summed E-state index contributed by atoms with van der Waals surface area (Å²) in [7, 11) is 0. The number of hydrogen-bond donors (Lipinski definition) is 1. The van der Waals surface area contributed by atoms with Gasteiger partial charge in [-0.05, 0) is 38.9 Å². The number of benzene rings is 1. The molecule has 2 rings (SSSR count). The summed E-state index contributed by atoms with van der Waals surface area (Å²) in [6.07, 6.45) is 0.979. The molecule has 1 N–H and O–H groups in total. The molecule has 1 aliphatic rings. The van der Waals surface area contributed by atoms with Gasteiger partial charge in [-0.15, -0.1) is 0 Å². The molecule has 0 saturated carbocycles. The van der Waals surface area contributed by atoms with Crippen molar-refractivity contribution in [2.75, 3.05) is 24.5 Å². The molecule has 1 fully saturated rings. The summed E-state index contributed by atoms with van der Waals surface area (Å²) in [6, 6.07) is 6.98. The van der Waals surface area contributed by atoms with Gasteiger partial charge in [0.15, 0.2) is 0 Å². The molecule has 0 aliphatic carbocycles. The molecule has 0 amide bonds. The maximum absolute atomic E-state index is 12.4. The molecule has 3 nitrogen and oxygen atoms in total. The van der Waals surface area contributed by atoms with Crippen molar-refractivity contribution >= 4 is 5.69 Å². The quantitative estimate of drug-likeness (QED) is 0.914. The van der Waals surface area contributed by atoms with Crippen LogP contribution in [-0.4, -0.2) is 31.8 Å². The maximum atomic E-state index is 12.4. The maximum Gasteiger partial charge on any atom is 0.387 e. The number of para-hydroxylation sites is 2. The lowest BCUT2D eigenvalue weighted by Gasteiger charge is -2.32. The summed E-state index contributed by atoms with van der Waals surface area (Å²) in [4.78, 5) is 2.11. The van der Waals surface area contributed by atoms with Gasteiger partial charge in [0.25, 0.3) is 0 Å². The summed E-state index contributed by atoms with van der Waals surface area (Å²) >= 11 is 0. The summed E-state index contributed by atoms with van der Waals surface area (Å²) in [6.45, 7) is 3.96. The highest BCUT2D eigenvalue weighted by atomic mass is 19.3. The second kappa shape index (κ2) is 5.74. The fourth-order valence-electron chi connectivity index (χ4n) is 2.43. The van der Waals surface area contributed by atoms with Crippen molar-refractivity contribution in [2.24, 2.45) is 0 Å². The van der Waals surface area contributed by atoms with Gasteiger partial charge in [0, 0.05) is 18.6 Å². The van der Waals surface area contributed by atoms with Crippen molar-refractivity contribution in [1.82, 2.24) is 5.32 Å². The zero-order valence-corrected chi connectivity index (χ0v) is 11.3. The first-order valence-electron chi connectivity index (χ1n) is 6.52. The van der Waals surface area contributed by atoms with Crippen molar-refractivity contribution in [2.45, 2.75) is 32.4 Å². The first-order valence-corrected chi connectivity index (χ1v) is 6.52. The van der Waals surface area contributed by atoms with Gasteiger partial charge in [-0.3, -0.25) is 0 Å². The number of nitrogens with zero attached hydrogens (tertiary/aromatic N) is 1. The summed E-state index contributed by atoms with van der Waals surface area (Å²) < 4.78 is 29.5. The molecular formula is C14H20F2N2O. The minimum absolute atomic E-state index is 0.0472. The average Bonchev–Trinajstić information content (AvgIpc) is 2.50. The lowest BCUT2D eigenvalue weighted by molar-refractivity contribution is -0.0495. The number of halogens is 2. The predicted octanol–water partition coefficient (Wildman–Crippen LogP) is 2.87. The van der Waals surface area contributed by atoms with Crippen LogP contribution in [0, 0.1) is 0 Å². The van der Waals surface area contributed by atoms with E-state index in [4.69, 9.17) is 0 Å². The van der Waals surface area contributed by atoms with Crippen LogP contribution in [0.3, 0.4) is 0 Å². The molecule has 5 heteroatoms. The van der Waals surface area contributed by atoms with Crippen molar-refractivity contribution in [3.63, 3.8) is 0 Å². The van der Waals surface area contributed by atoms with E-state index < -0.39 is 6.61 Å². The SMILES string of the molecule is CC1(C)CN(c2ccccc2OC(F)F)CCCN1. The Morgan fingerprint density at radius 3 is 2.79 bits per heavy atom. The highest BCUT2D eigenvalue weighted by Gasteiger charge is 2.26. The van der Waals surface area contributed by atoms with Crippen LogP contribution in [0.2, 0.25) is 0 Å². The van der Waals surface area contributed by atoms with E-state index in [1.165, 1.54) is 0 Å². The summed E-state index contributed by atoms with van der Waals surface area (Å²) in [5.74, 6) is 0.246. The van der Waals surface area contributed by atoms with Crippen LogP contribution in [0.25, 0.3) is 0 Å². The minimum Gasteiger partial charge on any atom is -0.433 e. The first kappa shape index (κ1) is 14.1. The fraction of sp³-hybridized carbons (Fsp3) is 0.571. The zero-order chi connectivity index (χ0) is 13.9. The van der Waals surface area contributed by atoms with Gasteiger partial charge in [-0.2, -0.15) is 8.78 Å². The Morgan fingerprint density at radius 2 is 2.05 bits per heavy atom. The van der Waals surface area contributed by atoms with Gasteiger partial charge in [-0.1, -0.05) is 12.1 Å². The highest BCUT2D eigenvalue weighted by Crippen LogP contribution is 2.31. The van der Waals surface area contributed by atoms with E-state index in [-0.39, 0.29) is 11.3 Å². The largest absolute Gasteiger partial charge is 0.433 e. The van der Waals surface area contributed by atoms with Crippen LogP contribution in [-0.2, 0) is 0 Å². The molecule has 0 radical (unpaired) electrons. The number of anilines is 1. The Hall–Kier alpha value is -1.36. The van der Waals surface area contributed by atoms with E-state index >= 15 is 0 Å². The third-order valence-corrected chi connectivity index (χ3v) is 3.22. The van der Waals surface area contributed by atoms with E-state index in [1.54, 1.807) is 12.1 Å². The second-order valence-electron chi connectivity index (χ2n) is 5.43. The van der Waals surface area contributed by atoms with Gasteiger partial charge in [0.2, 0.25) is 0 Å². The van der Waals surface area contributed by atoms with Crippen LogP contribution >= 0.6 is 0 Å². The first-order chi connectivity index (χ1) is 8.98. The van der Waals surface area contributed by atoms with Gasteiger partial charge in [-0.25, -0.2) is 0 Å². The van der Waals surface area contributed by atoms with Gasteiger partial charge >= 0.3 is 6.61 Å². The zero-order valence-electron chi connectivity index (χ0n) is 11.3. The van der Waals surface area contributed by atoms with E-state index in [2.05, 4.69) is 28.8 Å². The predicted molar refractivity (Wildman–Crippen MR) is 72.0 cm³/mol. The fourth-order valence-corrected chi connectivity index (χ4v) is 2.43. The Kier molecular flexibility index (Phi) is 4.24. The molecule has 0 atom stereocenters. The lowest BCUT2D eigenvalue weighted by Crippen LogP contribution is -2.46. The third kappa shape index (κ3) is 3.80. The third-order valence-electron chi connectivity index (χ3n) is 3.22. The van der Waals surface area contributed by atoms with Crippen molar-refractivity contribution < 1.29 is 13.5 Å². The van der Waals surface area contributed by atoms with Crippen molar-refractivity contribution in [3.8, 4) is 5.75 Å². The van der Waals surface area contributed by atoms with Gasteiger partial charge < -0.3 is 15.0 Å².